The van der Waals surface area contributed by atoms with Gasteiger partial charge in [-0.2, -0.15) is 0 Å². The zero-order valence-electron chi connectivity index (χ0n) is 9.71. The molecule has 0 amide bonds. The number of hydrogen-bond donors (Lipinski definition) is 2. The first-order valence-electron chi connectivity index (χ1n) is 5.82. The molecular formula is C11H16F2N4. The average Bonchev–Trinajstić information content (AvgIpc) is 3.11. The number of hydrogen-bond acceptors (Lipinski definition) is 4. The zero-order valence-corrected chi connectivity index (χ0v) is 9.71. The normalized spacial score (nSPS) is 15.3. The lowest BCUT2D eigenvalue weighted by Crippen LogP contribution is -2.16. The van der Waals surface area contributed by atoms with E-state index in [0.29, 0.717) is 24.1 Å². The Morgan fingerprint density at radius 2 is 2.24 bits per heavy atom. The summed E-state index contributed by atoms with van der Waals surface area (Å²) in [5.41, 5.74) is 0.285. The Hall–Kier alpha value is -1.30. The minimum absolute atomic E-state index is 0.177. The molecule has 1 aliphatic carbocycles. The van der Waals surface area contributed by atoms with Crippen molar-refractivity contribution in [1.82, 2.24) is 15.3 Å². The van der Waals surface area contributed by atoms with E-state index in [0.717, 1.165) is 19.4 Å². The molecule has 0 atom stereocenters. The minimum atomic E-state index is -2.56. The molecule has 0 bridgehead atoms. The Morgan fingerprint density at radius 3 is 2.82 bits per heavy atom. The van der Waals surface area contributed by atoms with Crippen LogP contribution in [0.15, 0.2) is 6.20 Å². The van der Waals surface area contributed by atoms with Gasteiger partial charge in [0.25, 0.3) is 6.43 Å². The molecule has 2 N–H and O–H groups in total. The fourth-order valence-corrected chi connectivity index (χ4v) is 1.48. The Morgan fingerprint density at radius 1 is 1.47 bits per heavy atom. The number of rotatable bonds is 6. The van der Waals surface area contributed by atoms with Gasteiger partial charge in [0.1, 0.15) is 5.69 Å². The van der Waals surface area contributed by atoms with Crippen LogP contribution in [0.2, 0.25) is 0 Å². The SMILES string of the molecule is CCNCc1cnc(NC2CC2)nc1C(F)F. The van der Waals surface area contributed by atoms with Crippen LogP contribution in [0.1, 0.15) is 37.4 Å². The monoisotopic (exact) mass is 242 g/mol. The van der Waals surface area contributed by atoms with Crippen molar-refractivity contribution in [2.75, 3.05) is 11.9 Å². The minimum Gasteiger partial charge on any atom is -0.351 e. The first kappa shape index (κ1) is 12.2. The summed E-state index contributed by atoms with van der Waals surface area (Å²) in [7, 11) is 0. The van der Waals surface area contributed by atoms with Crippen molar-refractivity contribution in [2.45, 2.75) is 38.8 Å². The third-order valence-corrected chi connectivity index (χ3v) is 2.58. The lowest BCUT2D eigenvalue weighted by atomic mass is 10.2. The summed E-state index contributed by atoms with van der Waals surface area (Å²) in [5, 5.41) is 6.02. The summed E-state index contributed by atoms with van der Waals surface area (Å²) < 4.78 is 25.7. The van der Waals surface area contributed by atoms with Gasteiger partial charge in [0.15, 0.2) is 0 Å². The molecule has 1 fully saturated rings. The van der Waals surface area contributed by atoms with Crippen LogP contribution in [0.25, 0.3) is 0 Å². The maximum atomic E-state index is 12.8. The highest BCUT2D eigenvalue weighted by atomic mass is 19.3. The standard InChI is InChI=1S/C11H16F2N4/c1-2-14-5-7-6-15-11(16-8-3-4-8)17-9(7)10(12)13/h6,8,10,14H,2-5H2,1H3,(H,15,16,17). The van der Waals surface area contributed by atoms with Crippen LogP contribution in [0.4, 0.5) is 14.7 Å². The fraction of sp³-hybridized carbons (Fsp3) is 0.636. The molecule has 1 aliphatic rings. The highest BCUT2D eigenvalue weighted by Crippen LogP contribution is 2.25. The third kappa shape index (κ3) is 3.33. The molecule has 1 aromatic heterocycles. The van der Waals surface area contributed by atoms with Gasteiger partial charge in [-0.3, -0.25) is 0 Å². The van der Waals surface area contributed by atoms with E-state index in [-0.39, 0.29) is 5.69 Å². The molecule has 0 unspecified atom stereocenters. The number of alkyl halides is 2. The highest BCUT2D eigenvalue weighted by Gasteiger charge is 2.23. The fourth-order valence-electron chi connectivity index (χ4n) is 1.48. The summed E-state index contributed by atoms with van der Waals surface area (Å²) in [6, 6.07) is 0.361. The molecule has 1 aromatic rings. The number of halogens is 2. The topological polar surface area (TPSA) is 49.8 Å². The van der Waals surface area contributed by atoms with Crippen LogP contribution in [-0.2, 0) is 6.54 Å². The zero-order chi connectivity index (χ0) is 12.3. The molecule has 6 heteroatoms. The first-order chi connectivity index (χ1) is 8.20. The summed E-state index contributed by atoms with van der Waals surface area (Å²) in [6.45, 7) is 3.02. The van der Waals surface area contributed by atoms with Crippen molar-refractivity contribution >= 4 is 5.95 Å². The van der Waals surface area contributed by atoms with Crippen molar-refractivity contribution in [3.05, 3.63) is 17.5 Å². The van der Waals surface area contributed by atoms with E-state index in [1.165, 1.54) is 6.20 Å². The van der Waals surface area contributed by atoms with Crippen molar-refractivity contribution < 1.29 is 8.78 Å². The summed E-state index contributed by atoms with van der Waals surface area (Å²) in [4.78, 5) is 7.95. The lowest BCUT2D eigenvalue weighted by Gasteiger charge is -2.10. The highest BCUT2D eigenvalue weighted by molar-refractivity contribution is 5.32. The van der Waals surface area contributed by atoms with Gasteiger partial charge >= 0.3 is 0 Å². The number of aromatic nitrogens is 2. The Balaban J connectivity index is 2.13. The van der Waals surface area contributed by atoms with Crippen LogP contribution < -0.4 is 10.6 Å². The van der Waals surface area contributed by atoms with Crippen molar-refractivity contribution in [2.24, 2.45) is 0 Å². The van der Waals surface area contributed by atoms with Gasteiger partial charge in [0.2, 0.25) is 5.95 Å². The molecular weight excluding hydrogens is 226 g/mol. The van der Waals surface area contributed by atoms with Gasteiger partial charge in [0, 0.05) is 24.3 Å². The number of anilines is 1. The van der Waals surface area contributed by atoms with Gasteiger partial charge in [-0.15, -0.1) is 0 Å². The molecule has 4 nitrogen and oxygen atoms in total. The van der Waals surface area contributed by atoms with E-state index >= 15 is 0 Å². The molecule has 1 saturated carbocycles. The van der Waals surface area contributed by atoms with Crippen LogP contribution in [0, 0.1) is 0 Å². The molecule has 0 aromatic carbocycles. The van der Waals surface area contributed by atoms with Gasteiger partial charge < -0.3 is 10.6 Å². The van der Waals surface area contributed by atoms with Gasteiger partial charge in [-0.05, 0) is 19.4 Å². The van der Waals surface area contributed by atoms with Gasteiger partial charge in [-0.25, -0.2) is 18.7 Å². The quantitative estimate of drug-likeness (QED) is 0.802. The molecule has 94 valence electrons. The summed E-state index contributed by atoms with van der Waals surface area (Å²) >= 11 is 0. The van der Waals surface area contributed by atoms with Crippen molar-refractivity contribution in [1.29, 1.82) is 0 Å². The Labute approximate surface area is 98.9 Å². The van der Waals surface area contributed by atoms with Gasteiger partial charge in [0.05, 0.1) is 0 Å². The van der Waals surface area contributed by atoms with Crippen LogP contribution in [0.3, 0.4) is 0 Å². The van der Waals surface area contributed by atoms with Crippen molar-refractivity contribution in [3.8, 4) is 0 Å². The molecule has 0 aliphatic heterocycles. The van der Waals surface area contributed by atoms with Crippen LogP contribution >= 0.6 is 0 Å². The van der Waals surface area contributed by atoms with E-state index < -0.39 is 6.43 Å². The number of nitrogens with zero attached hydrogens (tertiary/aromatic N) is 2. The third-order valence-electron chi connectivity index (χ3n) is 2.58. The maximum absolute atomic E-state index is 12.8. The number of nitrogens with one attached hydrogen (secondary N) is 2. The second-order valence-corrected chi connectivity index (χ2v) is 4.10. The molecule has 0 radical (unpaired) electrons. The van der Waals surface area contributed by atoms with E-state index in [1.54, 1.807) is 0 Å². The maximum Gasteiger partial charge on any atom is 0.280 e. The van der Waals surface area contributed by atoms with E-state index in [4.69, 9.17) is 0 Å². The summed E-state index contributed by atoms with van der Waals surface area (Å²) in [5.74, 6) is 0.308. The van der Waals surface area contributed by atoms with Gasteiger partial charge in [-0.1, -0.05) is 6.92 Å². The molecule has 1 heterocycles. The predicted molar refractivity (Wildman–Crippen MR) is 61.0 cm³/mol. The lowest BCUT2D eigenvalue weighted by molar-refractivity contribution is 0.144. The largest absolute Gasteiger partial charge is 0.351 e. The Kier molecular flexibility index (Phi) is 3.83. The van der Waals surface area contributed by atoms with Crippen molar-refractivity contribution in [3.63, 3.8) is 0 Å². The smallest absolute Gasteiger partial charge is 0.280 e. The molecule has 0 spiro atoms. The average molecular weight is 242 g/mol. The Bertz CT molecular complexity index is 380. The second-order valence-electron chi connectivity index (χ2n) is 4.10. The molecule has 17 heavy (non-hydrogen) atoms. The van der Waals surface area contributed by atoms with E-state index in [2.05, 4.69) is 20.6 Å². The first-order valence-corrected chi connectivity index (χ1v) is 5.82. The van der Waals surface area contributed by atoms with E-state index in [9.17, 15) is 8.78 Å². The molecule has 2 rings (SSSR count). The summed E-state index contributed by atoms with van der Waals surface area (Å²) in [6.07, 6.45) is 1.03. The van der Waals surface area contributed by atoms with E-state index in [1.807, 2.05) is 6.92 Å². The van der Waals surface area contributed by atoms with Crippen LogP contribution in [-0.4, -0.2) is 22.6 Å². The predicted octanol–water partition coefficient (Wildman–Crippen LogP) is 2.10. The second kappa shape index (κ2) is 5.35. The molecule has 0 saturated heterocycles. The van der Waals surface area contributed by atoms with Crippen LogP contribution in [0.5, 0.6) is 0 Å².